The lowest BCUT2D eigenvalue weighted by Crippen LogP contribution is -2.37. The molecule has 1 atom stereocenters. The number of benzene rings is 1. The highest BCUT2D eigenvalue weighted by molar-refractivity contribution is 7.90. The van der Waals surface area contributed by atoms with Gasteiger partial charge in [0.1, 0.15) is 0 Å². The van der Waals surface area contributed by atoms with E-state index >= 15 is 0 Å². The first kappa shape index (κ1) is 15.4. The third-order valence-electron chi connectivity index (χ3n) is 2.24. The maximum absolute atomic E-state index is 12.1. The maximum Gasteiger partial charge on any atom is 0.511 e. The van der Waals surface area contributed by atoms with E-state index in [2.05, 4.69) is 0 Å². The average molecular weight is 298 g/mol. The van der Waals surface area contributed by atoms with Crippen LogP contribution in [0.3, 0.4) is 0 Å². The van der Waals surface area contributed by atoms with Gasteiger partial charge in [-0.25, -0.2) is 13.1 Å². The number of non-ortho nitro benzene ring substituents is 1. The summed E-state index contributed by atoms with van der Waals surface area (Å²) in [5, 5.41) is 10.4. The number of nitro groups is 1. The minimum Gasteiger partial charge on any atom is -0.258 e. The highest BCUT2D eigenvalue weighted by atomic mass is 32.2. The Hall–Kier alpha value is -1.68. The molecule has 1 aromatic carbocycles. The van der Waals surface area contributed by atoms with Gasteiger partial charge in [0, 0.05) is 18.2 Å². The van der Waals surface area contributed by atoms with Crippen LogP contribution in [0.2, 0.25) is 0 Å². The zero-order valence-electron chi connectivity index (χ0n) is 9.51. The summed E-state index contributed by atoms with van der Waals surface area (Å²) < 4.78 is 59.6. The summed E-state index contributed by atoms with van der Waals surface area (Å²) in [5.74, 6) is 0. The van der Waals surface area contributed by atoms with E-state index < -0.39 is 26.5 Å². The number of rotatable bonds is 4. The molecule has 0 saturated heterocycles. The van der Waals surface area contributed by atoms with E-state index in [1.807, 2.05) is 0 Å². The van der Waals surface area contributed by atoms with Crippen molar-refractivity contribution in [1.29, 1.82) is 0 Å². The third-order valence-corrected chi connectivity index (χ3v) is 3.51. The lowest BCUT2D eigenvalue weighted by atomic mass is 10.1. The molecule has 0 radical (unpaired) electrons. The van der Waals surface area contributed by atoms with Gasteiger partial charge in [0.15, 0.2) is 0 Å². The van der Waals surface area contributed by atoms with E-state index in [-0.39, 0.29) is 11.3 Å². The van der Waals surface area contributed by atoms with E-state index in [1.54, 1.807) is 0 Å². The fourth-order valence-electron chi connectivity index (χ4n) is 1.25. The number of sulfonamides is 1. The number of nitrogens with zero attached hydrogens (tertiary/aromatic N) is 1. The Morgan fingerprint density at radius 1 is 1.26 bits per heavy atom. The first-order chi connectivity index (χ1) is 8.54. The second-order valence-electron chi connectivity index (χ2n) is 3.64. The zero-order chi connectivity index (χ0) is 14.8. The normalized spacial score (nSPS) is 14.1. The van der Waals surface area contributed by atoms with Crippen molar-refractivity contribution >= 4 is 15.7 Å². The fraction of sp³-hybridized carbons (Fsp3) is 0.333. The molecule has 0 fully saturated rings. The van der Waals surface area contributed by atoms with Crippen LogP contribution in [-0.2, 0) is 10.0 Å². The SMILES string of the molecule is C[C@H](NS(=O)(=O)C(F)(F)F)c1ccc([N+](=O)[O-])cc1. The Morgan fingerprint density at radius 3 is 2.11 bits per heavy atom. The van der Waals surface area contributed by atoms with E-state index in [1.165, 1.54) is 23.8 Å². The molecular formula is C9H9F3N2O4S. The summed E-state index contributed by atoms with van der Waals surface area (Å²) in [7, 11) is -5.46. The lowest BCUT2D eigenvalue weighted by Gasteiger charge is -2.15. The van der Waals surface area contributed by atoms with Crippen LogP contribution < -0.4 is 4.72 Å². The van der Waals surface area contributed by atoms with Crippen LogP contribution in [0.15, 0.2) is 24.3 Å². The number of nitrogens with one attached hydrogen (secondary N) is 1. The topological polar surface area (TPSA) is 89.3 Å². The quantitative estimate of drug-likeness (QED) is 0.681. The van der Waals surface area contributed by atoms with Crippen LogP contribution >= 0.6 is 0 Å². The van der Waals surface area contributed by atoms with Gasteiger partial charge in [-0.1, -0.05) is 12.1 Å². The average Bonchev–Trinajstić information content (AvgIpc) is 2.27. The largest absolute Gasteiger partial charge is 0.511 e. The van der Waals surface area contributed by atoms with Gasteiger partial charge in [-0.3, -0.25) is 10.1 Å². The molecule has 1 rings (SSSR count). The highest BCUT2D eigenvalue weighted by Gasteiger charge is 2.46. The van der Waals surface area contributed by atoms with E-state index in [0.29, 0.717) is 0 Å². The minimum absolute atomic E-state index is 0.179. The standard InChI is InChI=1S/C9H9F3N2O4S/c1-6(13-19(17,18)9(10,11)12)7-2-4-8(5-3-7)14(15)16/h2-6,13H,1H3/t6-/m0/s1. The molecule has 0 saturated carbocycles. The Balaban J connectivity index is 2.91. The minimum atomic E-state index is -5.46. The summed E-state index contributed by atoms with van der Waals surface area (Å²) in [4.78, 5) is 9.72. The van der Waals surface area contributed by atoms with Crippen molar-refractivity contribution in [2.24, 2.45) is 0 Å². The molecule has 1 aromatic rings. The fourth-order valence-corrected chi connectivity index (χ4v) is 1.99. The second kappa shape index (κ2) is 5.13. The molecule has 106 valence electrons. The van der Waals surface area contributed by atoms with Crippen molar-refractivity contribution in [2.75, 3.05) is 0 Å². The van der Waals surface area contributed by atoms with Crippen molar-refractivity contribution in [1.82, 2.24) is 4.72 Å². The Labute approximate surface area is 106 Å². The molecular weight excluding hydrogens is 289 g/mol. The summed E-state index contributed by atoms with van der Waals surface area (Å²) >= 11 is 0. The molecule has 19 heavy (non-hydrogen) atoms. The van der Waals surface area contributed by atoms with Gasteiger partial charge in [-0.2, -0.15) is 13.2 Å². The highest BCUT2D eigenvalue weighted by Crippen LogP contribution is 2.25. The second-order valence-corrected chi connectivity index (χ2v) is 5.34. The van der Waals surface area contributed by atoms with Crippen LogP contribution in [0.25, 0.3) is 0 Å². The predicted octanol–water partition coefficient (Wildman–Crippen LogP) is 2.09. The van der Waals surface area contributed by atoms with Crippen molar-refractivity contribution < 1.29 is 26.5 Å². The van der Waals surface area contributed by atoms with Crippen molar-refractivity contribution in [3.8, 4) is 0 Å². The van der Waals surface area contributed by atoms with E-state index in [4.69, 9.17) is 0 Å². The van der Waals surface area contributed by atoms with Crippen molar-refractivity contribution in [3.05, 3.63) is 39.9 Å². The molecule has 6 nitrogen and oxygen atoms in total. The van der Waals surface area contributed by atoms with Crippen LogP contribution in [0, 0.1) is 10.1 Å². The number of nitro benzene ring substituents is 1. The van der Waals surface area contributed by atoms with Gasteiger partial charge in [0.25, 0.3) is 5.69 Å². The Bertz CT molecular complexity index is 568. The molecule has 0 bridgehead atoms. The van der Waals surface area contributed by atoms with Crippen LogP contribution in [0.5, 0.6) is 0 Å². The maximum atomic E-state index is 12.1. The molecule has 0 heterocycles. The molecule has 1 N–H and O–H groups in total. The molecule has 10 heteroatoms. The molecule has 0 aromatic heterocycles. The van der Waals surface area contributed by atoms with E-state index in [0.717, 1.165) is 12.1 Å². The van der Waals surface area contributed by atoms with Crippen molar-refractivity contribution in [3.63, 3.8) is 0 Å². The van der Waals surface area contributed by atoms with Gasteiger partial charge in [-0.15, -0.1) is 0 Å². The smallest absolute Gasteiger partial charge is 0.258 e. The van der Waals surface area contributed by atoms with Crippen LogP contribution in [0.4, 0.5) is 18.9 Å². The molecule has 0 amide bonds. The van der Waals surface area contributed by atoms with Gasteiger partial charge in [0.05, 0.1) is 4.92 Å². The van der Waals surface area contributed by atoms with E-state index in [9.17, 15) is 31.7 Å². The van der Waals surface area contributed by atoms with Crippen LogP contribution in [-0.4, -0.2) is 18.8 Å². The van der Waals surface area contributed by atoms with Gasteiger partial charge in [0.2, 0.25) is 0 Å². The summed E-state index contributed by atoms with van der Waals surface area (Å²) in [6.07, 6.45) is 0. The van der Waals surface area contributed by atoms with Gasteiger partial charge in [-0.05, 0) is 12.5 Å². The summed E-state index contributed by atoms with van der Waals surface area (Å²) in [6.45, 7) is 1.20. The molecule has 0 unspecified atom stereocenters. The number of alkyl halides is 3. The Kier molecular flexibility index (Phi) is 4.15. The number of hydrogen-bond acceptors (Lipinski definition) is 4. The molecule has 0 spiro atoms. The number of hydrogen-bond donors (Lipinski definition) is 1. The first-order valence-corrected chi connectivity index (χ1v) is 6.36. The van der Waals surface area contributed by atoms with Crippen LogP contribution in [0.1, 0.15) is 18.5 Å². The monoisotopic (exact) mass is 298 g/mol. The van der Waals surface area contributed by atoms with Crippen molar-refractivity contribution in [2.45, 2.75) is 18.5 Å². The molecule has 0 aliphatic heterocycles. The summed E-state index contributed by atoms with van der Waals surface area (Å²) in [6, 6.07) is 3.36. The predicted molar refractivity (Wildman–Crippen MR) is 59.6 cm³/mol. The summed E-state index contributed by atoms with van der Waals surface area (Å²) in [5.41, 5.74) is -5.46. The third kappa shape index (κ3) is 3.64. The number of halogens is 3. The molecule has 0 aliphatic carbocycles. The van der Waals surface area contributed by atoms with Gasteiger partial charge >= 0.3 is 15.5 Å². The molecule has 0 aliphatic rings. The zero-order valence-corrected chi connectivity index (χ0v) is 10.3. The Morgan fingerprint density at radius 2 is 1.74 bits per heavy atom. The first-order valence-electron chi connectivity index (χ1n) is 4.87. The lowest BCUT2D eigenvalue weighted by molar-refractivity contribution is -0.384. The van der Waals surface area contributed by atoms with Gasteiger partial charge < -0.3 is 0 Å².